The SMILES string of the molecule is O=C(Nc1cnc2cc(C(F)(F)F)nn2c1)c1ccccc1Br. The van der Waals surface area contributed by atoms with Gasteiger partial charge in [0.1, 0.15) is 0 Å². The number of fused-ring (bicyclic) bond motifs is 1. The summed E-state index contributed by atoms with van der Waals surface area (Å²) in [5, 5.41) is 5.98. The fraction of sp³-hybridized carbons (Fsp3) is 0.0714. The molecule has 0 aliphatic heterocycles. The van der Waals surface area contributed by atoms with E-state index in [4.69, 9.17) is 0 Å². The average Bonchev–Trinajstić information content (AvgIpc) is 2.91. The molecule has 0 unspecified atom stereocenters. The Balaban J connectivity index is 1.89. The first-order valence-electron chi connectivity index (χ1n) is 6.33. The standard InChI is InChI=1S/C14H8BrF3N4O/c15-10-4-2-1-3-9(10)13(23)20-8-6-19-12-5-11(14(16,17)18)21-22(12)7-8/h1-7H,(H,20,23). The Morgan fingerprint density at radius 2 is 2.00 bits per heavy atom. The Labute approximate surface area is 136 Å². The molecule has 0 spiro atoms. The normalized spacial score (nSPS) is 11.7. The molecule has 1 amide bonds. The Morgan fingerprint density at radius 1 is 1.26 bits per heavy atom. The minimum atomic E-state index is -4.55. The Hall–Kier alpha value is -2.42. The summed E-state index contributed by atoms with van der Waals surface area (Å²) in [6, 6.07) is 7.61. The first-order chi connectivity index (χ1) is 10.8. The van der Waals surface area contributed by atoms with Gasteiger partial charge in [0.05, 0.1) is 23.6 Å². The van der Waals surface area contributed by atoms with E-state index in [9.17, 15) is 18.0 Å². The van der Waals surface area contributed by atoms with Gasteiger partial charge in [-0.2, -0.15) is 18.3 Å². The highest BCUT2D eigenvalue weighted by molar-refractivity contribution is 9.10. The van der Waals surface area contributed by atoms with E-state index in [1.54, 1.807) is 24.3 Å². The number of alkyl halides is 3. The molecule has 5 nitrogen and oxygen atoms in total. The molecule has 0 atom stereocenters. The first-order valence-corrected chi connectivity index (χ1v) is 7.12. The van der Waals surface area contributed by atoms with Crippen molar-refractivity contribution >= 4 is 33.2 Å². The Bertz CT molecular complexity index is 891. The molecule has 2 heterocycles. The second kappa shape index (κ2) is 5.65. The zero-order chi connectivity index (χ0) is 16.6. The van der Waals surface area contributed by atoms with Crippen molar-refractivity contribution < 1.29 is 18.0 Å². The van der Waals surface area contributed by atoms with Crippen LogP contribution >= 0.6 is 15.9 Å². The smallest absolute Gasteiger partial charge is 0.319 e. The maximum atomic E-state index is 12.6. The highest BCUT2D eigenvalue weighted by atomic mass is 79.9. The molecule has 0 aliphatic rings. The lowest BCUT2D eigenvalue weighted by Gasteiger charge is -2.06. The molecular weight excluding hydrogens is 377 g/mol. The van der Waals surface area contributed by atoms with Crippen molar-refractivity contribution in [2.24, 2.45) is 0 Å². The topological polar surface area (TPSA) is 59.3 Å². The zero-order valence-corrected chi connectivity index (χ0v) is 12.9. The third kappa shape index (κ3) is 3.19. The highest BCUT2D eigenvalue weighted by Crippen LogP contribution is 2.28. The average molecular weight is 385 g/mol. The van der Waals surface area contributed by atoms with Gasteiger partial charge < -0.3 is 5.32 Å². The maximum Gasteiger partial charge on any atom is 0.435 e. The van der Waals surface area contributed by atoms with Gasteiger partial charge in [-0.25, -0.2) is 9.50 Å². The van der Waals surface area contributed by atoms with Crippen molar-refractivity contribution in [3.05, 3.63) is 58.5 Å². The molecular formula is C14H8BrF3N4O. The van der Waals surface area contributed by atoms with E-state index in [2.05, 4.69) is 31.3 Å². The molecule has 0 aliphatic carbocycles. The monoisotopic (exact) mass is 384 g/mol. The summed E-state index contributed by atoms with van der Waals surface area (Å²) < 4.78 is 39.4. The number of rotatable bonds is 2. The van der Waals surface area contributed by atoms with Crippen LogP contribution in [0.4, 0.5) is 18.9 Å². The van der Waals surface area contributed by atoms with Crippen LogP contribution in [0, 0.1) is 0 Å². The van der Waals surface area contributed by atoms with Crippen LogP contribution in [0.25, 0.3) is 5.65 Å². The zero-order valence-electron chi connectivity index (χ0n) is 11.3. The molecule has 1 N–H and O–H groups in total. The molecule has 0 saturated heterocycles. The van der Waals surface area contributed by atoms with Crippen LogP contribution in [0.5, 0.6) is 0 Å². The van der Waals surface area contributed by atoms with Crippen LogP contribution in [-0.4, -0.2) is 20.5 Å². The Morgan fingerprint density at radius 3 is 2.70 bits per heavy atom. The summed E-state index contributed by atoms with van der Waals surface area (Å²) in [5.41, 5.74) is -0.380. The molecule has 118 valence electrons. The van der Waals surface area contributed by atoms with Crippen LogP contribution in [0.2, 0.25) is 0 Å². The number of anilines is 1. The van der Waals surface area contributed by atoms with E-state index < -0.39 is 17.8 Å². The van der Waals surface area contributed by atoms with E-state index in [1.807, 2.05) is 0 Å². The summed E-state index contributed by atoms with van der Waals surface area (Å²) in [6.07, 6.45) is -2.01. The summed E-state index contributed by atoms with van der Waals surface area (Å²) in [4.78, 5) is 16.0. The lowest BCUT2D eigenvalue weighted by Crippen LogP contribution is -2.13. The molecule has 0 saturated carbocycles. The molecule has 0 fully saturated rings. The number of aromatic nitrogens is 3. The molecule has 0 radical (unpaired) electrons. The van der Waals surface area contributed by atoms with Crippen LogP contribution < -0.4 is 5.32 Å². The fourth-order valence-electron chi connectivity index (χ4n) is 1.92. The minimum Gasteiger partial charge on any atom is -0.319 e. The molecule has 0 bridgehead atoms. The van der Waals surface area contributed by atoms with Crippen molar-refractivity contribution in [3.63, 3.8) is 0 Å². The highest BCUT2D eigenvalue weighted by Gasteiger charge is 2.34. The first kappa shape index (κ1) is 15.5. The number of carbonyl (C=O) groups is 1. The van der Waals surface area contributed by atoms with Gasteiger partial charge in [-0.3, -0.25) is 4.79 Å². The number of nitrogens with one attached hydrogen (secondary N) is 1. The van der Waals surface area contributed by atoms with Crippen molar-refractivity contribution in [2.45, 2.75) is 6.18 Å². The molecule has 23 heavy (non-hydrogen) atoms. The summed E-state index contributed by atoms with van der Waals surface area (Å²) in [6.45, 7) is 0. The second-order valence-corrected chi connectivity index (χ2v) is 5.46. The van der Waals surface area contributed by atoms with Gasteiger partial charge in [-0.15, -0.1) is 0 Å². The maximum absolute atomic E-state index is 12.6. The summed E-state index contributed by atoms with van der Waals surface area (Å²) >= 11 is 3.26. The third-order valence-corrected chi connectivity index (χ3v) is 3.67. The lowest BCUT2D eigenvalue weighted by molar-refractivity contribution is -0.141. The molecule has 2 aromatic heterocycles. The predicted octanol–water partition coefficient (Wildman–Crippen LogP) is 3.76. The van der Waals surface area contributed by atoms with Crippen molar-refractivity contribution in [2.75, 3.05) is 5.32 Å². The van der Waals surface area contributed by atoms with Crippen molar-refractivity contribution in [3.8, 4) is 0 Å². The second-order valence-electron chi connectivity index (χ2n) is 4.61. The number of benzene rings is 1. The van der Waals surface area contributed by atoms with E-state index in [-0.39, 0.29) is 11.3 Å². The lowest BCUT2D eigenvalue weighted by atomic mass is 10.2. The number of hydrogen-bond donors (Lipinski definition) is 1. The van der Waals surface area contributed by atoms with Crippen molar-refractivity contribution in [1.82, 2.24) is 14.6 Å². The van der Waals surface area contributed by atoms with Gasteiger partial charge in [-0.05, 0) is 28.1 Å². The molecule has 1 aromatic carbocycles. The quantitative estimate of drug-likeness (QED) is 0.731. The van der Waals surface area contributed by atoms with Gasteiger partial charge in [0, 0.05) is 10.5 Å². The predicted molar refractivity (Wildman–Crippen MR) is 80.1 cm³/mol. The largest absolute Gasteiger partial charge is 0.435 e. The third-order valence-electron chi connectivity index (χ3n) is 2.98. The number of nitrogens with zero attached hydrogens (tertiary/aromatic N) is 3. The summed E-state index contributed by atoms with van der Waals surface area (Å²) in [5.74, 6) is -0.415. The van der Waals surface area contributed by atoms with Gasteiger partial charge in [0.2, 0.25) is 0 Å². The number of halogens is 4. The van der Waals surface area contributed by atoms with E-state index in [1.165, 1.54) is 12.4 Å². The number of carbonyl (C=O) groups excluding carboxylic acids is 1. The van der Waals surface area contributed by atoms with Crippen LogP contribution in [0.3, 0.4) is 0 Å². The molecule has 3 aromatic rings. The van der Waals surface area contributed by atoms with Gasteiger partial charge in [-0.1, -0.05) is 12.1 Å². The molecule has 3 rings (SSSR count). The van der Waals surface area contributed by atoms with Gasteiger partial charge >= 0.3 is 6.18 Å². The van der Waals surface area contributed by atoms with Crippen LogP contribution in [0.15, 0.2) is 47.2 Å². The van der Waals surface area contributed by atoms with E-state index in [0.29, 0.717) is 10.0 Å². The van der Waals surface area contributed by atoms with Gasteiger partial charge in [0.25, 0.3) is 5.91 Å². The fourth-order valence-corrected chi connectivity index (χ4v) is 2.39. The van der Waals surface area contributed by atoms with E-state index >= 15 is 0 Å². The summed E-state index contributed by atoms with van der Waals surface area (Å²) in [7, 11) is 0. The van der Waals surface area contributed by atoms with Gasteiger partial charge in [0.15, 0.2) is 11.3 Å². The Kier molecular flexibility index (Phi) is 3.80. The molecule has 9 heteroatoms. The number of hydrogen-bond acceptors (Lipinski definition) is 3. The van der Waals surface area contributed by atoms with Crippen LogP contribution in [0.1, 0.15) is 16.1 Å². The van der Waals surface area contributed by atoms with E-state index in [0.717, 1.165) is 10.6 Å². The number of amides is 1. The van der Waals surface area contributed by atoms with Crippen molar-refractivity contribution in [1.29, 1.82) is 0 Å². The van der Waals surface area contributed by atoms with Crippen LogP contribution in [-0.2, 0) is 6.18 Å². The minimum absolute atomic E-state index is 0.0382.